The molecule has 27 heavy (non-hydrogen) atoms. The Morgan fingerprint density at radius 2 is 2.04 bits per heavy atom. The molecule has 0 saturated carbocycles. The molecule has 0 unspecified atom stereocenters. The van der Waals surface area contributed by atoms with Gasteiger partial charge in [-0.05, 0) is 57.1 Å². The number of hydrogen-bond donors (Lipinski definition) is 2. The van der Waals surface area contributed by atoms with E-state index in [1.165, 1.54) is 23.5 Å². The minimum Gasteiger partial charge on any atom is -0.317 e. The summed E-state index contributed by atoms with van der Waals surface area (Å²) in [6.07, 6.45) is 3.63. The van der Waals surface area contributed by atoms with Crippen LogP contribution in [0.2, 0.25) is 0 Å². The molecule has 1 amide bonds. The van der Waals surface area contributed by atoms with Crippen molar-refractivity contribution in [2.24, 2.45) is 0 Å². The highest BCUT2D eigenvalue weighted by molar-refractivity contribution is 7.16. The number of nitrogens with zero attached hydrogens (tertiary/aromatic N) is 4. The molecule has 2 N–H and O–H groups in total. The lowest BCUT2D eigenvalue weighted by atomic mass is 10.1. The molecule has 0 bridgehead atoms. The topological polar surface area (TPSA) is 84.7 Å². The Hall–Kier alpha value is -2.65. The molecule has 0 spiro atoms. The van der Waals surface area contributed by atoms with E-state index in [4.69, 9.17) is 0 Å². The molecule has 0 atom stereocenters. The van der Waals surface area contributed by atoms with Gasteiger partial charge in [0.05, 0.1) is 17.9 Å². The molecule has 1 saturated heterocycles. The van der Waals surface area contributed by atoms with Gasteiger partial charge in [-0.1, -0.05) is 5.21 Å². The average molecular weight is 386 g/mol. The normalized spacial score (nSPS) is 15.0. The van der Waals surface area contributed by atoms with E-state index >= 15 is 0 Å². The zero-order valence-corrected chi connectivity index (χ0v) is 15.6. The number of aryl methyl sites for hydroxylation is 1. The van der Waals surface area contributed by atoms with E-state index in [0.717, 1.165) is 42.1 Å². The molecule has 2 aromatic heterocycles. The number of carbonyl (C=O) groups is 1. The molecule has 1 aromatic carbocycles. The van der Waals surface area contributed by atoms with Crippen LogP contribution in [0.25, 0.3) is 11.3 Å². The maximum Gasteiger partial charge on any atom is 0.279 e. The van der Waals surface area contributed by atoms with E-state index in [1.807, 2.05) is 6.92 Å². The van der Waals surface area contributed by atoms with Gasteiger partial charge in [0.1, 0.15) is 5.82 Å². The largest absolute Gasteiger partial charge is 0.317 e. The van der Waals surface area contributed by atoms with Gasteiger partial charge in [-0.3, -0.25) is 10.1 Å². The molecule has 0 radical (unpaired) electrons. The van der Waals surface area contributed by atoms with Crippen molar-refractivity contribution in [1.29, 1.82) is 0 Å². The third-order valence-electron chi connectivity index (χ3n) is 4.56. The number of amides is 1. The minimum absolute atomic E-state index is 0.268. The molecule has 1 aliphatic heterocycles. The van der Waals surface area contributed by atoms with Gasteiger partial charge >= 0.3 is 0 Å². The van der Waals surface area contributed by atoms with Crippen LogP contribution < -0.4 is 10.6 Å². The lowest BCUT2D eigenvalue weighted by Gasteiger charge is -2.21. The van der Waals surface area contributed by atoms with Crippen molar-refractivity contribution in [3.8, 4) is 11.3 Å². The summed E-state index contributed by atoms with van der Waals surface area (Å²) in [6.45, 7) is 3.80. The second-order valence-corrected chi connectivity index (χ2v) is 7.65. The molecule has 7 nitrogen and oxygen atoms in total. The summed E-state index contributed by atoms with van der Waals surface area (Å²) in [5, 5.41) is 14.7. The Bertz CT molecular complexity index is 945. The summed E-state index contributed by atoms with van der Waals surface area (Å²) < 4.78 is 14.9. The number of anilines is 1. The van der Waals surface area contributed by atoms with E-state index in [0.29, 0.717) is 5.13 Å². The SMILES string of the molecule is Cc1sc(NC(=O)c2cn(C3CCNCC3)nn2)nc1-c1ccc(F)cc1. The number of halogens is 1. The van der Waals surface area contributed by atoms with Gasteiger partial charge in [0.25, 0.3) is 5.91 Å². The van der Waals surface area contributed by atoms with E-state index in [-0.39, 0.29) is 23.5 Å². The Balaban J connectivity index is 1.48. The minimum atomic E-state index is -0.338. The van der Waals surface area contributed by atoms with Gasteiger partial charge in [-0.15, -0.1) is 16.4 Å². The zero-order valence-electron chi connectivity index (χ0n) is 14.8. The van der Waals surface area contributed by atoms with Crippen LogP contribution in [-0.4, -0.2) is 39.0 Å². The Morgan fingerprint density at radius 3 is 2.78 bits per heavy atom. The lowest BCUT2D eigenvalue weighted by Crippen LogP contribution is -2.29. The second-order valence-electron chi connectivity index (χ2n) is 6.45. The number of benzene rings is 1. The fraction of sp³-hybridized carbons (Fsp3) is 0.333. The monoisotopic (exact) mass is 386 g/mol. The molecular weight excluding hydrogens is 367 g/mol. The van der Waals surface area contributed by atoms with E-state index in [2.05, 4.69) is 25.9 Å². The highest BCUT2D eigenvalue weighted by Gasteiger charge is 2.20. The van der Waals surface area contributed by atoms with Crippen LogP contribution in [0.15, 0.2) is 30.5 Å². The summed E-state index contributed by atoms with van der Waals surface area (Å²) in [5.41, 5.74) is 1.81. The maximum atomic E-state index is 13.1. The van der Waals surface area contributed by atoms with Gasteiger partial charge in [0, 0.05) is 10.4 Å². The number of aromatic nitrogens is 4. The smallest absolute Gasteiger partial charge is 0.279 e. The molecule has 4 rings (SSSR count). The highest BCUT2D eigenvalue weighted by atomic mass is 32.1. The molecular formula is C18H19FN6OS. The third kappa shape index (κ3) is 3.88. The van der Waals surface area contributed by atoms with Gasteiger partial charge in [-0.25, -0.2) is 14.1 Å². The van der Waals surface area contributed by atoms with E-state index < -0.39 is 0 Å². The number of carbonyl (C=O) groups excluding carboxylic acids is 1. The standard InChI is InChI=1S/C18H19FN6OS/c1-11-16(12-2-4-13(19)5-3-12)21-18(27-11)22-17(26)15-10-25(24-23-15)14-6-8-20-9-7-14/h2-5,10,14,20H,6-9H2,1H3,(H,21,22,26). The van der Waals surface area contributed by atoms with Crippen LogP contribution in [0.1, 0.15) is 34.2 Å². The van der Waals surface area contributed by atoms with Crippen molar-refractivity contribution < 1.29 is 9.18 Å². The number of thiazole rings is 1. The van der Waals surface area contributed by atoms with Crippen molar-refractivity contribution in [1.82, 2.24) is 25.3 Å². The van der Waals surface area contributed by atoms with Crippen molar-refractivity contribution in [3.63, 3.8) is 0 Å². The quantitative estimate of drug-likeness (QED) is 0.720. The van der Waals surface area contributed by atoms with Crippen LogP contribution >= 0.6 is 11.3 Å². The van der Waals surface area contributed by atoms with E-state index in [9.17, 15) is 9.18 Å². The maximum absolute atomic E-state index is 13.1. The van der Waals surface area contributed by atoms with Crippen LogP contribution in [0.3, 0.4) is 0 Å². The van der Waals surface area contributed by atoms with Crippen molar-refractivity contribution in [2.75, 3.05) is 18.4 Å². The highest BCUT2D eigenvalue weighted by Crippen LogP contribution is 2.30. The number of piperidine rings is 1. The first-order valence-electron chi connectivity index (χ1n) is 8.77. The van der Waals surface area contributed by atoms with Crippen molar-refractivity contribution in [2.45, 2.75) is 25.8 Å². The Morgan fingerprint density at radius 1 is 1.30 bits per heavy atom. The molecule has 3 heterocycles. The van der Waals surface area contributed by atoms with Crippen molar-refractivity contribution >= 4 is 22.4 Å². The van der Waals surface area contributed by atoms with Crippen LogP contribution in [0, 0.1) is 12.7 Å². The third-order valence-corrected chi connectivity index (χ3v) is 5.45. The molecule has 1 aliphatic rings. The molecule has 3 aromatic rings. The lowest BCUT2D eigenvalue weighted by molar-refractivity contribution is 0.102. The first kappa shape index (κ1) is 17.7. The predicted octanol–water partition coefficient (Wildman–Crippen LogP) is 3.03. The zero-order chi connectivity index (χ0) is 18.8. The summed E-state index contributed by atoms with van der Waals surface area (Å²) in [6, 6.07) is 6.41. The number of hydrogen-bond acceptors (Lipinski definition) is 6. The molecule has 140 valence electrons. The Labute approximate surface area is 159 Å². The molecule has 1 fully saturated rings. The molecule has 0 aliphatic carbocycles. The fourth-order valence-electron chi connectivity index (χ4n) is 3.12. The van der Waals surface area contributed by atoms with Gasteiger partial charge in [0.2, 0.25) is 0 Å². The summed E-state index contributed by atoms with van der Waals surface area (Å²) in [4.78, 5) is 17.9. The summed E-state index contributed by atoms with van der Waals surface area (Å²) in [7, 11) is 0. The van der Waals surface area contributed by atoms with Crippen LogP contribution in [0.5, 0.6) is 0 Å². The van der Waals surface area contributed by atoms with Gasteiger partial charge in [-0.2, -0.15) is 0 Å². The van der Waals surface area contributed by atoms with Gasteiger partial charge in [0.15, 0.2) is 10.8 Å². The van der Waals surface area contributed by atoms with Crippen molar-refractivity contribution in [3.05, 3.63) is 46.9 Å². The first-order chi connectivity index (χ1) is 13.1. The summed E-state index contributed by atoms with van der Waals surface area (Å²) in [5.74, 6) is -0.633. The molecule has 9 heteroatoms. The number of rotatable bonds is 4. The van der Waals surface area contributed by atoms with Gasteiger partial charge < -0.3 is 5.32 Å². The second kappa shape index (κ2) is 7.53. The fourth-order valence-corrected chi connectivity index (χ4v) is 3.95. The van der Waals surface area contributed by atoms with Crippen LogP contribution in [0.4, 0.5) is 9.52 Å². The van der Waals surface area contributed by atoms with E-state index in [1.54, 1.807) is 23.0 Å². The first-order valence-corrected chi connectivity index (χ1v) is 9.59. The average Bonchev–Trinajstić information content (AvgIpc) is 3.30. The number of nitrogens with one attached hydrogen (secondary N) is 2. The predicted molar refractivity (Wildman–Crippen MR) is 101 cm³/mol. The van der Waals surface area contributed by atoms with Crippen LogP contribution in [-0.2, 0) is 0 Å². The Kier molecular flexibility index (Phi) is 4.95. The summed E-state index contributed by atoms with van der Waals surface area (Å²) >= 11 is 1.37.